The Bertz CT molecular complexity index is 642. The molecule has 4 heteroatoms. The Morgan fingerprint density at radius 1 is 1.32 bits per heavy atom. The first-order valence-corrected chi connectivity index (χ1v) is 6.82. The Labute approximate surface area is 112 Å². The fraction of sp³-hybridized carbons (Fsp3) is 0.467. The predicted molar refractivity (Wildman–Crippen MR) is 74.5 cm³/mol. The van der Waals surface area contributed by atoms with Gasteiger partial charge in [-0.05, 0) is 30.9 Å². The van der Waals surface area contributed by atoms with Gasteiger partial charge in [-0.3, -0.25) is 4.79 Å². The highest BCUT2D eigenvalue weighted by Crippen LogP contribution is 2.26. The van der Waals surface area contributed by atoms with Gasteiger partial charge in [0.2, 0.25) is 0 Å². The van der Waals surface area contributed by atoms with Crippen molar-refractivity contribution in [2.45, 2.75) is 32.2 Å². The summed E-state index contributed by atoms with van der Waals surface area (Å²) in [6, 6.07) is 5.54. The standard InChI is InChI=1S/C15H18N2O2/c1-19-14-8-4-7-12-13(14)9-16-17(15(12)18)10-11-5-2-3-6-11/h4,7-9,11H,2-3,5-6,10H2,1H3. The van der Waals surface area contributed by atoms with E-state index in [9.17, 15) is 4.79 Å². The van der Waals surface area contributed by atoms with E-state index in [0.29, 0.717) is 17.1 Å². The molecule has 1 fully saturated rings. The minimum atomic E-state index is -0.0108. The van der Waals surface area contributed by atoms with Crippen LogP contribution in [-0.4, -0.2) is 16.9 Å². The average Bonchev–Trinajstić information content (AvgIpc) is 2.94. The van der Waals surface area contributed by atoms with E-state index < -0.39 is 0 Å². The van der Waals surface area contributed by atoms with Crippen LogP contribution in [0, 0.1) is 5.92 Å². The van der Waals surface area contributed by atoms with Crippen LogP contribution in [0.2, 0.25) is 0 Å². The third kappa shape index (κ3) is 2.23. The predicted octanol–water partition coefficient (Wildman–Crippen LogP) is 2.60. The van der Waals surface area contributed by atoms with Gasteiger partial charge in [0.1, 0.15) is 5.75 Å². The van der Waals surface area contributed by atoms with Gasteiger partial charge in [-0.15, -0.1) is 0 Å². The monoisotopic (exact) mass is 258 g/mol. The van der Waals surface area contributed by atoms with Crippen LogP contribution >= 0.6 is 0 Å². The van der Waals surface area contributed by atoms with E-state index in [4.69, 9.17) is 4.74 Å². The lowest BCUT2D eigenvalue weighted by Gasteiger charge is -2.12. The lowest BCUT2D eigenvalue weighted by molar-refractivity contribution is 0.413. The van der Waals surface area contributed by atoms with Crippen LogP contribution in [0.3, 0.4) is 0 Å². The van der Waals surface area contributed by atoms with Gasteiger partial charge in [-0.1, -0.05) is 18.9 Å². The molecule has 4 nitrogen and oxygen atoms in total. The summed E-state index contributed by atoms with van der Waals surface area (Å²) < 4.78 is 6.88. The first-order chi connectivity index (χ1) is 9.29. The zero-order valence-electron chi connectivity index (χ0n) is 11.1. The summed E-state index contributed by atoms with van der Waals surface area (Å²) in [4.78, 5) is 12.4. The molecule has 0 aliphatic heterocycles. The highest BCUT2D eigenvalue weighted by molar-refractivity contribution is 5.86. The van der Waals surface area contributed by atoms with Crippen molar-refractivity contribution in [3.8, 4) is 5.75 Å². The van der Waals surface area contributed by atoms with Crippen LogP contribution in [0.5, 0.6) is 5.75 Å². The second-order valence-corrected chi connectivity index (χ2v) is 5.20. The average molecular weight is 258 g/mol. The molecule has 19 heavy (non-hydrogen) atoms. The summed E-state index contributed by atoms with van der Waals surface area (Å²) in [5, 5.41) is 5.78. The molecule has 0 atom stereocenters. The molecule has 0 N–H and O–H groups in total. The number of hydrogen-bond acceptors (Lipinski definition) is 3. The molecule has 3 rings (SSSR count). The summed E-state index contributed by atoms with van der Waals surface area (Å²) >= 11 is 0. The molecular formula is C15H18N2O2. The maximum absolute atomic E-state index is 12.4. The van der Waals surface area contributed by atoms with Gasteiger partial charge in [0.15, 0.2) is 0 Å². The molecule has 0 unspecified atom stereocenters. The van der Waals surface area contributed by atoms with E-state index in [1.165, 1.54) is 25.7 Å². The maximum atomic E-state index is 12.4. The number of nitrogens with zero attached hydrogens (tertiary/aromatic N) is 2. The van der Waals surface area contributed by atoms with Crippen LogP contribution in [-0.2, 0) is 6.54 Å². The summed E-state index contributed by atoms with van der Waals surface area (Å²) in [5.41, 5.74) is -0.0108. The van der Waals surface area contributed by atoms with Crippen LogP contribution in [0.4, 0.5) is 0 Å². The van der Waals surface area contributed by atoms with Gasteiger partial charge in [-0.2, -0.15) is 5.10 Å². The topological polar surface area (TPSA) is 44.1 Å². The number of methoxy groups -OCH3 is 1. The third-order valence-corrected chi connectivity index (χ3v) is 3.98. The Morgan fingerprint density at radius 2 is 2.11 bits per heavy atom. The highest BCUT2D eigenvalue weighted by atomic mass is 16.5. The van der Waals surface area contributed by atoms with Gasteiger partial charge in [-0.25, -0.2) is 4.68 Å². The van der Waals surface area contributed by atoms with Crippen LogP contribution in [0.1, 0.15) is 25.7 Å². The Balaban J connectivity index is 2.03. The molecule has 0 amide bonds. The van der Waals surface area contributed by atoms with E-state index in [2.05, 4.69) is 5.10 Å². The van der Waals surface area contributed by atoms with Crippen LogP contribution in [0.25, 0.3) is 10.8 Å². The molecule has 100 valence electrons. The summed E-state index contributed by atoms with van der Waals surface area (Å²) in [7, 11) is 1.61. The fourth-order valence-electron chi connectivity index (χ4n) is 2.93. The maximum Gasteiger partial charge on any atom is 0.274 e. The van der Waals surface area contributed by atoms with Crippen molar-refractivity contribution in [2.75, 3.05) is 7.11 Å². The largest absolute Gasteiger partial charge is 0.496 e. The van der Waals surface area contributed by atoms with Crippen molar-refractivity contribution in [2.24, 2.45) is 5.92 Å². The lowest BCUT2D eigenvalue weighted by atomic mass is 10.1. The zero-order chi connectivity index (χ0) is 13.2. The van der Waals surface area contributed by atoms with Crippen molar-refractivity contribution in [1.82, 2.24) is 9.78 Å². The molecule has 1 aliphatic rings. The number of ether oxygens (including phenoxy) is 1. The molecule has 1 heterocycles. The first kappa shape index (κ1) is 12.2. The van der Waals surface area contributed by atoms with Crippen molar-refractivity contribution >= 4 is 10.8 Å². The molecule has 2 aromatic rings. The van der Waals surface area contributed by atoms with Gasteiger partial charge in [0, 0.05) is 11.9 Å². The van der Waals surface area contributed by atoms with E-state index in [1.807, 2.05) is 18.2 Å². The van der Waals surface area contributed by atoms with E-state index in [1.54, 1.807) is 18.0 Å². The van der Waals surface area contributed by atoms with E-state index >= 15 is 0 Å². The van der Waals surface area contributed by atoms with Crippen molar-refractivity contribution in [3.05, 3.63) is 34.7 Å². The number of hydrogen-bond donors (Lipinski definition) is 0. The van der Waals surface area contributed by atoms with Crippen molar-refractivity contribution in [1.29, 1.82) is 0 Å². The van der Waals surface area contributed by atoms with Gasteiger partial charge < -0.3 is 4.74 Å². The van der Waals surface area contributed by atoms with E-state index in [0.717, 1.165) is 11.9 Å². The van der Waals surface area contributed by atoms with Gasteiger partial charge in [0.05, 0.1) is 18.7 Å². The van der Waals surface area contributed by atoms with Gasteiger partial charge >= 0.3 is 0 Å². The number of aromatic nitrogens is 2. The quantitative estimate of drug-likeness (QED) is 0.850. The molecule has 1 aliphatic carbocycles. The Kier molecular flexibility index (Phi) is 3.23. The molecular weight excluding hydrogens is 240 g/mol. The number of benzene rings is 1. The second-order valence-electron chi connectivity index (χ2n) is 5.20. The summed E-state index contributed by atoms with van der Waals surface area (Å²) in [6.45, 7) is 0.742. The first-order valence-electron chi connectivity index (χ1n) is 6.82. The third-order valence-electron chi connectivity index (χ3n) is 3.98. The normalized spacial score (nSPS) is 16.1. The summed E-state index contributed by atoms with van der Waals surface area (Å²) in [6.07, 6.45) is 6.72. The summed E-state index contributed by atoms with van der Waals surface area (Å²) in [5.74, 6) is 1.31. The second kappa shape index (κ2) is 5.03. The van der Waals surface area contributed by atoms with E-state index in [-0.39, 0.29) is 5.56 Å². The number of rotatable bonds is 3. The Hall–Kier alpha value is -1.84. The highest BCUT2D eigenvalue weighted by Gasteiger charge is 2.17. The van der Waals surface area contributed by atoms with Gasteiger partial charge in [0.25, 0.3) is 5.56 Å². The smallest absolute Gasteiger partial charge is 0.274 e. The lowest BCUT2D eigenvalue weighted by Crippen LogP contribution is -2.25. The molecule has 0 bridgehead atoms. The zero-order valence-corrected chi connectivity index (χ0v) is 11.1. The molecule has 1 aromatic heterocycles. The molecule has 0 spiro atoms. The SMILES string of the molecule is COc1cccc2c(=O)n(CC3CCCC3)ncc12. The number of fused-ring (bicyclic) bond motifs is 1. The minimum absolute atomic E-state index is 0.0108. The minimum Gasteiger partial charge on any atom is -0.496 e. The molecule has 0 saturated heterocycles. The molecule has 0 radical (unpaired) electrons. The van der Waals surface area contributed by atoms with Crippen LogP contribution < -0.4 is 10.3 Å². The van der Waals surface area contributed by atoms with Crippen LogP contribution in [0.15, 0.2) is 29.2 Å². The fourth-order valence-corrected chi connectivity index (χ4v) is 2.93. The molecule has 1 saturated carbocycles. The van der Waals surface area contributed by atoms with Crippen molar-refractivity contribution < 1.29 is 4.74 Å². The molecule has 1 aromatic carbocycles. The van der Waals surface area contributed by atoms with Crippen molar-refractivity contribution in [3.63, 3.8) is 0 Å². The Morgan fingerprint density at radius 3 is 2.84 bits per heavy atom.